The van der Waals surface area contributed by atoms with Gasteiger partial charge in [0.15, 0.2) is 0 Å². The third kappa shape index (κ3) is 3.86. The maximum absolute atomic E-state index is 12.2. The summed E-state index contributed by atoms with van der Waals surface area (Å²) in [4.78, 5) is 16.4. The fraction of sp³-hybridized carbons (Fsp3) is 0.235. The number of aromatic nitrogens is 2. The van der Waals surface area contributed by atoms with E-state index in [9.17, 15) is 9.90 Å². The standard InChI is InChI=1S/C17H18N4O4/c1-11-19-15(21-25-11)12-6-3-4-7-13(12)20-16(22)18-10-17(2,23)14-8-5-9-24-14/h3-9,23H,10H2,1-2H3,(H2,18,20,22). The fourth-order valence-corrected chi connectivity index (χ4v) is 2.29. The molecular weight excluding hydrogens is 324 g/mol. The van der Waals surface area contributed by atoms with Crippen molar-refractivity contribution in [1.29, 1.82) is 0 Å². The number of aliphatic hydroxyl groups is 1. The summed E-state index contributed by atoms with van der Waals surface area (Å²) in [5.74, 6) is 1.19. The summed E-state index contributed by atoms with van der Waals surface area (Å²) in [7, 11) is 0. The van der Waals surface area contributed by atoms with E-state index >= 15 is 0 Å². The highest BCUT2D eigenvalue weighted by atomic mass is 16.5. The monoisotopic (exact) mass is 342 g/mol. The molecule has 1 aromatic carbocycles. The Labute approximate surface area is 143 Å². The van der Waals surface area contributed by atoms with Gasteiger partial charge in [0, 0.05) is 12.5 Å². The average molecular weight is 342 g/mol. The summed E-state index contributed by atoms with van der Waals surface area (Å²) in [6.45, 7) is 3.23. The summed E-state index contributed by atoms with van der Waals surface area (Å²) < 4.78 is 10.2. The summed E-state index contributed by atoms with van der Waals surface area (Å²) >= 11 is 0. The largest absolute Gasteiger partial charge is 0.466 e. The van der Waals surface area contributed by atoms with Crippen molar-refractivity contribution in [1.82, 2.24) is 15.5 Å². The summed E-state index contributed by atoms with van der Waals surface area (Å²) in [5.41, 5.74) is -0.156. The molecule has 3 aromatic rings. The number of carbonyl (C=O) groups excluding carboxylic acids is 1. The van der Waals surface area contributed by atoms with E-state index in [1.54, 1.807) is 44.2 Å². The number of hydrogen-bond acceptors (Lipinski definition) is 6. The summed E-state index contributed by atoms with van der Waals surface area (Å²) in [6, 6.07) is 9.95. The molecule has 3 N–H and O–H groups in total. The summed E-state index contributed by atoms with van der Waals surface area (Å²) in [6.07, 6.45) is 1.47. The van der Waals surface area contributed by atoms with Crippen molar-refractivity contribution in [2.75, 3.05) is 11.9 Å². The number of aryl methyl sites for hydroxylation is 1. The molecular formula is C17H18N4O4. The number of hydrogen-bond donors (Lipinski definition) is 3. The van der Waals surface area contributed by atoms with Crippen molar-refractivity contribution >= 4 is 11.7 Å². The quantitative estimate of drug-likeness (QED) is 0.657. The van der Waals surface area contributed by atoms with Crippen molar-refractivity contribution in [3.05, 3.63) is 54.3 Å². The molecule has 130 valence electrons. The maximum Gasteiger partial charge on any atom is 0.319 e. The third-order valence-electron chi connectivity index (χ3n) is 3.59. The lowest BCUT2D eigenvalue weighted by Crippen LogP contribution is -2.40. The molecule has 0 aliphatic carbocycles. The second-order valence-electron chi connectivity index (χ2n) is 5.74. The molecule has 2 amide bonds. The number of urea groups is 1. The van der Waals surface area contributed by atoms with E-state index in [1.165, 1.54) is 6.26 Å². The van der Waals surface area contributed by atoms with Gasteiger partial charge in [-0.2, -0.15) is 4.98 Å². The van der Waals surface area contributed by atoms with Gasteiger partial charge < -0.3 is 24.7 Å². The van der Waals surface area contributed by atoms with Gasteiger partial charge in [0.25, 0.3) is 0 Å². The summed E-state index contributed by atoms with van der Waals surface area (Å²) in [5, 5.41) is 19.6. The highest BCUT2D eigenvalue weighted by Gasteiger charge is 2.27. The van der Waals surface area contributed by atoms with Crippen molar-refractivity contribution in [2.45, 2.75) is 19.4 Å². The molecule has 0 bridgehead atoms. The average Bonchev–Trinajstić information content (AvgIpc) is 3.26. The molecule has 3 rings (SSSR count). The molecule has 0 saturated carbocycles. The highest BCUT2D eigenvalue weighted by Crippen LogP contribution is 2.25. The van der Waals surface area contributed by atoms with E-state index in [0.717, 1.165) is 0 Å². The molecule has 0 spiro atoms. The van der Waals surface area contributed by atoms with Crippen molar-refractivity contribution in [2.24, 2.45) is 0 Å². The first-order chi connectivity index (χ1) is 12.0. The first-order valence-electron chi connectivity index (χ1n) is 7.66. The van der Waals surface area contributed by atoms with Crippen LogP contribution in [0.25, 0.3) is 11.4 Å². The lowest BCUT2D eigenvalue weighted by Gasteiger charge is -2.21. The van der Waals surface area contributed by atoms with Gasteiger partial charge in [0.2, 0.25) is 11.7 Å². The Morgan fingerprint density at radius 3 is 2.76 bits per heavy atom. The molecule has 1 unspecified atom stereocenters. The van der Waals surface area contributed by atoms with Gasteiger partial charge in [-0.3, -0.25) is 0 Å². The van der Waals surface area contributed by atoms with E-state index in [2.05, 4.69) is 20.8 Å². The van der Waals surface area contributed by atoms with Gasteiger partial charge in [-0.1, -0.05) is 17.3 Å². The number of carbonyl (C=O) groups is 1. The Balaban J connectivity index is 1.68. The molecule has 0 aliphatic heterocycles. The molecule has 0 radical (unpaired) electrons. The number of para-hydroxylation sites is 1. The Morgan fingerprint density at radius 1 is 1.28 bits per heavy atom. The van der Waals surface area contributed by atoms with Crippen LogP contribution in [0.15, 0.2) is 51.6 Å². The molecule has 0 aliphatic rings. The van der Waals surface area contributed by atoms with E-state index in [1.807, 2.05) is 6.07 Å². The van der Waals surface area contributed by atoms with Crippen LogP contribution in [-0.2, 0) is 5.60 Å². The van der Waals surface area contributed by atoms with Gasteiger partial charge in [-0.05, 0) is 31.2 Å². The maximum atomic E-state index is 12.2. The van der Waals surface area contributed by atoms with Crippen LogP contribution in [0, 0.1) is 6.92 Å². The minimum absolute atomic E-state index is 0.0180. The topological polar surface area (TPSA) is 113 Å². The van der Waals surface area contributed by atoms with E-state index in [4.69, 9.17) is 8.94 Å². The minimum atomic E-state index is -1.31. The zero-order valence-corrected chi connectivity index (χ0v) is 13.8. The van der Waals surface area contributed by atoms with E-state index < -0.39 is 11.6 Å². The molecule has 25 heavy (non-hydrogen) atoms. The van der Waals surface area contributed by atoms with Crippen LogP contribution in [0.5, 0.6) is 0 Å². The number of rotatable bonds is 5. The van der Waals surface area contributed by atoms with Crippen molar-refractivity contribution < 1.29 is 18.8 Å². The fourth-order valence-electron chi connectivity index (χ4n) is 2.29. The zero-order chi connectivity index (χ0) is 17.9. The Kier molecular flexibility index (Phi) is 4.53. The van der Waals surface area contributed by atoms with Crippen LogP contribution < -0.4 is 10.6 Å². The van der Waals surface area contributed by atoms with Crippen molar-refractivity contribution in [3.8, 4) is 11.4 Å². The molecule has 1 atom stereocenters. The molecule has 0 saturated heterocycles. The van der Waals surface area contributed by atoms with Crippen LogP contribution in [0.1, 0.15) is 18.6 Å². The van der Waals surface area contributed by atoms with Gasteiger partial charge in [0.05, 0.1) is 18.5 Å². The second-order valence-corrected chi connectivity index (χ2v) is 5.74. The number of nitrogens with zero attached hydrogens (tertiary/aromatic N) is 2. The normalized spacial score (nSPS) is 13.2. The van der Waals surface area contributed by atoms with Crippen molar-refractivity contribution in [3.63, 3.8) is 0 Å². The second kappa shape index (κ2) is 6.78. The van der Waals surface area contributed by atoms with Gasteiger partial charge in [-0.15, -0.1) is 0 Å². The molecule has 2 heterocycles. The molecule has 8 nitrogen and oxygen atoms in total. The first kappa shape index (κ1) is 16.7. The molecule has 2 aromatic heterocycles. The number of furan rings is 1. The SMILES string of the molecule is Cc1nc(-c2ccccc2NC(=O)NCC(C)(O)c2ccco2)no1. The zero-order valence-electron chi connectivity index (χ0n) is 13.8. The predicted molar refractivity (Wildman–Crippen MR) is 89.8 cm³/mol. The van der Waals surface area contributed by atoms with Crippen LogP contribution >= 0.6 is 0 Å². The van der Waals surface area contributed by atoms with E-state index in [-0.39, 0.29) is 6.54 Å². The van der Waals surface area contributed by atoms with Gasteiger partial charge in [-0.25, -0.2) is 4.79 Å². The number of nitrogens with one attached hydrogen (secondary N) is 2. The highest BCUT2D eigenvalue weighted by molar-refractivity contribution is 5.93. The first-order valence-corrected chi connectivity index (χ1v) is 7.66. The third-order valence-corrected chi connectivity index (χ3v) is 3.59. The van der Waals surface area contributed by atoms with Crippen LogP contribution in [-0.4, -0.2) is 27.8 Å². The number of benzene rings is 1. The van der Waals surface area contributed by atoms with Crippen LogP contribution in [0.4, 0.5) is 10.5 Å². The lowest BCUT2D eigenvalue weighted by molar-refractivity contribution is 0.0372. The Hall–Kier alpha value is -3.13. The van der Waals surface area contributed by atoms with Gasteiger partial charge in [0.1, 0.15) is 11.4 Å². The Morgan fingerprint density at radius 2 is 2.08 bits per heavy atom. The lowest BCUT2D eigenvalue weighted by atomic mass is 10.0. The van der Waals surface area contributed by atoms with Crippen LogP contribution in [0.2, 0.25) is 0 Å². The van der Waals surface area contributed by atoms with Crippen LogP contribution in [0.3, 0.4) is 0 Å². The number of amides is 2. The smallest absolute Gasteiger partial charge is 0.319 e. The van der Waals surface area contributed by atoms with Gasteiger partial charge >= 0.3 is 6.03 Å². The molecule has 8 heteroatoms. The minimum Gasteiger partial charge on any atom is -0.466 e. The predicted octanol–water partition coefficient (Wildman–Crippen LogP) is 2.67. The number of anilines is 1. The molecule has 0 fully saturated rings. The van der Waals surface area contributed by atoms with E-state index in [0.29, 0.717) is 28.7 Å². The Bertz CT molecular complexity index is 855.